The van der Waals surface area contributed by atoms with Crippen LogP contribution in [0.5, 0.6) is 5.75 Å². The van der Waals surface area contributed by atoms with Crippen molar-refractivity contribution in [2.24, 2.45) is 0 Å². The highest BCUT2D eigenvalue weighted by Crippen LogP contribution is 2.32. The average Bonchev–Trinajstić information content (AvgIpc) is 2.18. The number of rotatable bonds is 3. The van der Waals surface area contributed by atoms with Crippen molar-refractivity contribution in [1.82, 2.24) is 4.98 Å². The van der Waals surface area contributed by atoms with E-state index >= 15 is 0 Å². The number of alkyl halides is 6. The van der Waals surface area contributed by atoms with Crippen molar-refractivity contribution in [2.75, 3.05) is 0 Å². The molecule has 1 rings (SSSR count). The van der Waals surface area contributed by atoms with Crippen LogP contribution in [0.4, 0.5) is 22.0 Å². The van der Waals surface area contributed by atoms with E-state index in [1.54, 1.807) is 0 Å². The molecule has 0 aromatic carbocycles. The predicted molar refractivity (Wildman–Crippen MR) is 58.2 cm³/mol. The van der Waals surface area contributed by atoms with Gasteiger partial charge in [0.25, 0.3) is 6.43 Å². The van der Waals surface area contributed by atoms with Crippen molar-refractivity contribution in [3.63, 3.8) is 0 Å². The second-order valence-corrected chi connectivity index (χ2v) is 4.09. The Balaban J connectivity index is 3.18. The Kier molecular flexibility index (Phi) is 4.76. The number of hydrogen-bond acceptors (Lipinski definition) is 2. The smallest absolute Gasteiger partial charge is 0.403 e. The summed E-state index contributed by atoms with van der Waals surface area (Å²) in [5.74, 6) is -1.02. The number of hydrogen-bond donors (Lipinski definition) is 0. The zero-order chi connectivity index (χ0) is 13.2. The molecule has 0 radical (unpaired) electrons. The fourth-order valence-corrected chi connectivity index (χ4v) is 1.76. The van der Waals surface area contributed by atoms with E-state index in [-0.39, 0.29) is 15.1 Å². The molecule has 0 amide bonds. The summed E-state index contributed by atoms with van der Waals surface area (Å²) in [6.45, 7) is 0. The van der Waals surface area contributed by atoms with Crippen LogP contribution in [0.15, 0.2) is 6.07 Å². The molecule has 2 nitrogen and oxygen atoms in total. The predicted octanol–water partition coefficient (Wildman–Crippen LogP) is 4.26. The third-order valence-electron chi connectivity index (χ3n) is 1.63. The first-order valence-electron chi connectivity index (χ1n) is 4.03. The first-order valence-corrected chi connectivity index (χ1v) is 5.65. The van der Waals surface area contributed by atoms with Gasteiger partial charge in [0.2, 0.25) is 0 Å². The maximum atomic E-state index is 12.5. The summed E-state index contributed by atoms with van der Waals surface area (Å²) in [6, 6.07) is 0.816. The number of aromatic nitrogens is 1. The maximum absolute atomic E-state index is 12.5. The van der Waals surface area contributed by atoms with Crippen LogP contribution >= 0.6 is 34.2 Å². The minimum absolute atomic E-state index is 0.193. The summed E-state index contributed by atoms with van der Waals surface area (Å²) >= 11 is 6.74. The average molecular weight is 387 g/mol. The topological polar surface area (TPSA) is 22.1 Å². The molecule has 0 N–H and O–H groups in total. The molecular weight excluding hydrogens is 383 g/mol. The molecule has 0 atom stereocenters. The maximum Gasteiger partial charge on any atom is 0.573 e. The highest BCUT2D eigenvalue weighted by molar-refractivity contribution is 14.1. The van der Waals surface area contributed by atoms with E-state index < -0.39 is 24.2 Å². The van der Waals surface area contributed by atoms with Crippen molar-refractivity contribution in [2.45, 2.75) is 18.7 Å². The Morgan fingerprint density at radius 1 is 1.41 bits per heavy atom. The van der Waals surface area contributed by atoms with E-state index in [0.717, 1.165) is 6.07 Å². The van der Waals surface area contributed by atoms with Crippen LogP contribution in [0.1, 0.15) is 17.7 Å². The van der Waals surface area contributed by atoms with E-state index in [9.17, 15) is 22.0 Å². The minimum Gasteiger partial charge on any atom is -0.403 e. The first-order chi connectivity index (χ1) is 7.74. The molecule has 1 aromatic rings. The molecule has 0 aliphatic rings. The van der Waals surface area contributed by atoms with Crippen LogP contribution in [-0.2, 0) is 5.88 Å². The van der Waals surface area contributed by atoms with E-state index in [0.29, 0.717) is 0 Å². The van der Waals surface area contributed by atoms with Gasteiger partial charge in [0.1, 0.15) is 9.39 Å². The molecule has 1 aromatic heterocycles. The van der Waals surface area contributed by atoms with Crippen molar-refractivity contribution in [3.05, 3.63) is 21.0 Å². The van der Waals surface area contributed by atoms with Gasteiger partial charge in [-0.05, 0) is 34.2 Å². The van der Waals surface area contributed by atoms with Crippen LogP contribution in [-0.4, -0.2) is 11.3 Å². The fourth-order valence-electron chi connectivity index (χ4n) is 1.02. The van der Waals surface area contributed by atoms with Gasteiger partial charge in [-0.15, -0.1) is 24.8 Å². The lowest BCUT2D eigenvalue weighted by atomic mass is 10.2. The normalized spacial score (nSPS) is 12.0. The Bertz CT molecular complexity index is 412. The lowest BCUT2D eigenvalue weighted by molar-refractivity contribution is -0.275. The van der Waals surface area contributed by atoms with Gasteiger partial charge in [0.05, 0.1) is 0 Å². The molecule has 0 unspecified atom stereocenters. The molecule has 17 heavy (non-hydrogen) atoms. The van der Waals surface area contributed by atoms with Gasteiger partial charge in [-0.25, -0.2) is 13.8 Å². The highest BCUT2D eigenvalue weighted by Gasteiger charge is 2.33. The van der Waals surface area contributed by atoms with Gasteiger partial charge in [0, 0.05) is 5.88 Å². The lowest BCUT2D eigenvalue weighted by Crippen LogP contribution is -2.18. The Morgan fingerprint density at radius 3 is 2.41 bits per heavy atom. The van der Waals surface area contributed by atoms with Gasteiger partial charge < -0.3 is 4.74 Å². The number of pyridine rings is 1. The highest BCUT2D eigenvalue weighted by atomic mass is 127. The number of ether oxygens (including phenoxy) is 1. The third kappa shape index (κ3) is 4.09. The summed E-state index contributed by atoms with van der Waals surface area (Å²) in [7, 11) is 0. The van der Waals surface area contributed by atoms with E-state index in [1.165, 1.54) is 22.6 Å². The van der Waals surface area contributed by atoms with Crippen LogP contribution in [0, 0.1) is 3.70 Å². The first kappa shape index (κ1) is 14.7. The largest absolute Gasteiger partial charge is 0.573 e. The van der Waals surface area contributed by atoms with Crippen LogP contribution < -0.4 is 4.74 Å². The van der Waals surface area contributed by atoms with Crippen LogP contribution in [0.3, 0.4) is 0 Å². The Hall–Kier alpha value is -0.380. The Morgan fingerprint density at radius 2 is 2.00 bits per heavy atom. The standard InChI is InChI=1S/C8H4ClF5INO/c9-2-3-1-4(17-8(12,13)14)7(15)16-5(3)6(10)11/h1,6H,2H2. The zero-order valence-corrected chi connectivity index (χ0v) is 10.8. The summed E-state index contributed by atoms with van der Waals surface area (Å²) in [5, 5.41) is 0. The van der Waals surface area contributed by atoms with Gasteiger partial charge in [-0.3, -0.25) is 0 Å². The van der Waals surface area contributed by atoms with Crippen molar-refractivity contribution < 1.29 is 26.7 Å². The second kappa shape index (κ2) is 5.51. The van der Waals surface area contributed by atoms with Crippen molar-refractivity contribution in [1.29, 1.82) is 0 Å². The lowest BCUT2D eigenvalue weighted by Gasteiger charge is -2.13. The molecule has 0 spiro atoms. The quantitative estimate of drug-likeness (QED) is 0.335. The van der Waals surface area contributed by atoms with Gasteiger partial charge in [-0.1, -0.05) is 0 Å². The van der Waals surface area contributed by atoms with Crippen LogP contribution in [0.2, 0.25) is 0 Å². The third-order valence-corrected chi connectivity index (χ3v) is 2.69. The zero-order valence-electron chi connectivity index (χ0n) is 7.86. The second-order valence-electron chi connectivity index (χ2n) is 2.80. The molecule has 0 fully saturated rings. The summed E-state index contributed by atoms with van der Waals surface area (Å²) in [4.78, 5) is 3.35. The summed E-state index contributed by atoms with van der Waals surface area (Å²) in [5.41, 5.74) is -0.833. The number of halogens is 7. The fraction of sp³-hybridized carbons (Fsp3) is 0.375. The van der Waals surface area contributed by atoms with Gasteiger partial charge >= 0.3 is 6.36 Å². The van der Waals surface area contributed by atoms with Gasteiger partial charge in [-0.2, -0.15) is 0 Å². The molecule has 9 heteroatoms. The van der Waals surface area contributed by atoms with E-state index in [2.05, 4.69) is 9.72 Å². The summed E-state index contributed by atoms with van der Waals surface area (Å²) < 4.78 is 64.2. The monoisotopic (exact) mass is 387 g/mol. The van der Waals surface area contributed by atoms with Crippen molar-refractivity contribution >= 4 is 34.2 Å². The van der Waals surface area contributed by atoms with Crippen LogP contribution in [0.25, 0.3) is 0 Å². The SMILES string of the molecule is FC(F)c1nc(I)c(OC(F)(F)F)cc1CCl. The molecule has 96 valence electrons. The molecule has 1 heterocycles. The molecule has 0 saturated carbocycles. The molecular formula is C8H4ClF5INO. The summed E-state index contributed by atoms with van der Waals surface area (Å²) in [6.07, 6.45) is -7.81. The molecule has 0 aliphatic carbocycles. The van der Waals surface area contributed by atoms with E-state index in [1.807, 2.05) is 0 Å². The molecule has 0 bridgehead atoms. The van der Waals surface area contributed by atoms with Gasteiger partial charge in [0.15, 0.2) is 5.75 Å². The van der Waals surface area contributed by atoms with E-state index in [4.69, 9.17) is 11.6 Å². The molecule has 0 aliphatic heterocycles. The Labute approximate surface area is 111 Å². The molecule has 0 saturated heterocycles. The minimum atomic E-state index is -4.91. The van der Waals surface area contributed by atoms with Crippen molar-refractivity contribution in [3.8, 4) is 5.75 Å². The number of nitrogens with zero attached hydrogens (tertiary/aromatic N) is 1.